The molecule has 0 bridgehead atoms. The third-order valence-electron chi connectivity index (χ3n) is 4.45. The van der Waals surface area contributed by atoms with Gasteiger partial charge >= 0.3 is 0 Å². The summed E-state index contributed by atoms with van der Waals surface area (Å²) in [6.07, 6.45) is 7.91. The monoisotopic (exact) mass is 357 g/mol. The number of ether oxygens (including phenoxy) is 1. The van der Waals surface area contributed by atoms with E-state index in [0.717, 1.165) is 17.3 Å². The highest BCUT2D eigenvalue weighted by Crippen LogP contribution is 2.39. The van der Waals surface area contributed by atoms with E-state index in [0.29, 0.717) is 31.8 Å². The number of methoxy groups -OCH3 is 1. The first-order chi connectivity index (χ1) is 10.1. The number of nitrogens with zero attached hydrogens (tertiary/aromatic N) is 2. The maximum absolute atomic E-state index is 12.8. The second-order valence-corrected chi connectivity index (χ2v) is 6.78. The Hall–Kier alpha value is -0.720. The zero-order valence-corrected chi connectivity index (χ0v) is 14.2. The molecule has 1 aliphatic rings. The molecule has 21 heavy (non-hydrogen) atoms. The van der Waals surface area contributed by atoms with E-state index in [1.54, 1.807) is 18.0 Å². The van der Waals surface area contributed by atoms with Crippen LogP contribution in [0.3, 0.4) is 0 Å². The molecule has 0 amide bonds. The van der Waals surface area contributed by atoms with Gasteiger partial charge in [0.2, 0.25) is 0 Å². The second-order valence-electron chi connectivity index (χ2n) is 5.92. The molecule has 0 saturated heterocycles. The molecule has 2 N–H and O–H groups in total. The second kappa shape index (κ2) is 7.51. The lowest BCUT2D eigenvalue weighted by Gasteiger charge is -2.35. The van der Waals surface area contributed by atoms with Crippen LogP contribution >= 0.6 is 15.9 Å². The van der Waals surface area contributed by atoms with Crippen LogP contribution in [-0.4, -0.2) is 35.8 Å². The average Bonchev–Trinajstić information content (AvgIpc) is 2.87. The lowest BCUT2D eigenvalue weighted by Crippen LogP contribution is -2.35. The topological polar surface area (TPSA) is 70.1 Å². The third kappa shape index (κ3) is 3.93. The molecule has 6 heteroatoms. The Kier molecular flexibility index (Phi) is 5.96. The van der Waals surface area contributed by atoms with Crippen molar-refractivity contribution in [3.05, 3.63) is 16.4 Å². The molecule has 0 radical (unpaired) electrons. The molecular weight excluding hydrogens is 334 g/mol. The van der Waals surface area contributed by atoms with E-state index >= 15 is 0 Å². The number of hydrogen-bond acceptors (Lipinski definition) is 4. The summed E-state index contributed by atoms with van der Waals surface area (Å²) in [5.74, 6) is 0.128. The fourth-order valence-electron chi connectivity index (χ4n) is 3.17. The number of nitrogens with two attached hydrogens (primary N) is 1. The molecule has 0 unspecified atom stereocenters. The van der Waals surface area contributed by atoms with Gasteiger partial charge in [-0.2, -0.15) is 5.10 Å². The van der Waals surface area contributed by atoms with Crippen LogP contribution in [0.4, 0.5) is 0 Å². The average molecular weight is 358 g/mol. The molecule has 5 nitrogen and oxygen atoms in total. The summed E-state index contributed by atoms with van der Waals surface area (Å²) < 4.78 is 7.55. The van der Waals surface area contributed by atoms with E-state index in [9.17, 15) is 4.79 Å². The summed E-state index contributed by atoms with van der Waals surface area (Å²) >= 11 is 3.44. The standard InChI is InChI=1S/C15H24BrN3O2/c1-21-8-7-19-14(12(16)10-18-19)13(20)9-15(11-17)5-3-2-4-6-15/h10H,2-9,11,17H2,1H3. The first-order valence-electron chi connectivity index (χ1n) is 7.55. The molecule has 0 aromatic carbocycles. The van der Waals surface area contributed by atoms with Gasteiger partial charge in [0, 0.05) is 13.5 Å². The molecule has 1 fully saturated rings. The zero-order valence-electron chi connectivity index (χ0n) is 12.6. The summed E-state index contributed by atoms with van der Waals surface area (Å²) in [5, 5.41) is 4.25. The van der Waals surface area contributed by atoms with E-state index in [2.05, 4.69) is 21.0 Å². The Bertz CT molecular complexity index is 481. The van der Waals surface area contributed by atoms with Crippen LogP contribution < -0.4 is 5.73 Å². The molecule has 1 saturated carbocycles. The maximum Gasteiger partial charge on any atom is 0.182 e. The van der Waals surface area contributed by atoms with Crippen LogP contribution in [-0.2, 0) is 11.3 Å². The highest BCUT2D eigenvalue weighted by molar-refractivity contribution is 9.10. The van der Waals surface area contributed by atoms with Gasteiger partial charge in [0.15, 0.2) is 5.78 Å². The normalized spacial score (nSPS) is 17.9. The Morgan fingerprint density at radius 3 is 2.81 bits per heavy atom. The Morgan fingerprint density at radius 1 is 1.48 bits per heavy atom. The van der Waals surface area contributed by atoms with Gasteiger partial charge in [0.1, 0.15) is 5.69 Å². The van der Waals surface area contributed by atoms with Crippen LogP contribution in [0.2, 0.25) is 0 Å². The minimum absolute atomic E-state index is 0.0227. The van der Waals surface area contributed by atoms with Crippen LogP contribution in [0.15, 0.2) is 10.7 Å². The maximum atomic E-state index is 12.8. The van der Waals surface area contributed by atoms with Crippen molar-refractivity contribution in [2.45, 2.75) is 45.1 Å². The van der Waals surface area contributed by atoms with Crippen molar-refractivity contribution < 1.29 is 9.53 Å². The molecule has 0 spiro atoms. The Balaban J connectivity index is 2.13. The molecule has 0 atom stereocenters. The van der Waals surface area contributed by atoms with Gasteiger partial charge < -0.3 is 10.5 Å². The molecule has 1 aliphatic carbocycles. The van der Waals surface area contributed by atoms with E-state index in [1.165, 1.54) is 19.3 Å². The van der Waals surface area contributed by atoms with E-state index in [4.69, 9.17) is 10.5 Å². The molecule has 1 aromatic rings. The number of carbonyl (C=O) groups is 1. The molecule has 118 valence electrons. The van der Waals surface area contributed by atoms with Gasteiger partial charge in [-0.3, -0.25) is 9.48 Å². The lowest BCUT2D eigenvalue weighted by atomic mass is 9.71. The predicted octanol–water partition coefficient (Wildman–Crippen LogP) is 2.77. The number of Topliss-reactive ketones (excluding diaryl/α,β-unsaturated/α-hetero) is 1. The van der Waals surface area contributed by atoms with Gasteiger partial charge in [-0.1, -0.05) is 19.3 Å². The summed E-state index contributed by atoms with van der Waals surface area (Å²) in [5.41, 5.74) is 6.61. The largest absolute Gasteiger partial charge is 0.383 e. The van der Waals surface area contributed by atoms with Gasteiger partial charge in [0.05, 0.1) is 23.8 Å². The Labute approximate surface area is 134 Å². The third-order valence-corrected chi connectivity index (χ3v) is 5.03. The minimum Gasteiger partial charge on any atom is -0.383 e. The van der Waals surface area contributed by atoms with Crippen LogP contribution in [0.5, 0.6) is 0 Å². The summed E-state index contributed by atoms with van der Waals surface area (Å²) in [4.78, 5) is 12.8. The summed E-state index contributed by atoms with van der Waals surface area (Å²) in [6, 6.07) is 0. The van der Waals surface area contributed by atoms with Gasteiger partial charge in [-0.05, 0) is 40.7 Å². The van der Waals surface area contributed by atoms with Crippen molar-refractivity contribution in [2.24, 2.45) is 11.1 Å². The molecular formula is C15H24BrN3O2. The number of carbonyl (C=O) groups excluding carboxylic acids is 1. The first kappa shape index (κ1) is 16.6. The summed E-state index contributed by atoms with van der Waals surface area (Å²) in [6.45, 7) is 1.71. The fraction of sp³-hybridized carbons (Fsp3) is 0.733. The lowest BCUT2D eigenvalue weighted by molar-refractivity contribution is 0.0853. The van der Waals surface area contributed by atoms with Crippen molar-refractivity contribution in [3.8, 4) is 0 Å². The quantitative estimate of drug-likeness (QED) is 0.761. The van der Waals surface area contributed by atoms with Crippen molar-refractivity contribution >= 4 is 21.7 Å². The van der Waals surface area contributed by atoms with Crippen LogP contribution in [0, 0.1) is 5.41 Å². The van der Waals surface area contributed by atoms with Gasteiger partial charge in [-0.25, -0.2) is 0 Å². The predicted molar refractivity (Wildman–Crippen MR) is 85.3 cm³/mol. The van der Waals surface area contributed by atoms with E-state index in [1.807, 2.05) is 0 Å². The highest BCUT2D eigenvalue weighted by Gasteiger charge is 2.34. The van der Waals surface area contributed by atoms with Crippen molar-refractivity contribution in [3.63, 3.8) is 0 Å². The van der Waals surface area contributed by atoms with Gasteiger partial charge in [-0.15, -0.1) is 0 Å². The molecule has 1 heterocycles. The minimum atomic E-state index is -0.0227. The fourth-order valence-corrected chi connectivity index (χ4v) is 3.68. The van der Waals surface area contributed by atoms with Crippen LogP contribution in [0.1, 0.15) is 49.0 Å². The SMILES string of the molecule is COCCn1ncc(Br)c1C(=O)CC1(CN)CCCCC1. The number of halogens is 1. The first-order valence-corrected chi connectivity index (χ1v) is 8.35. The number of hydrogen-bond donors (Lipinski definition) is 1. The molecule has 2 rings (SSSR count). The van der Waals surface area contributed by atoms with Crippen molar-refractivity contribution in [1.29, 1.82) is 0 Å². The van der Waals surface area contributed by atoms with Crippen LogP contribution in [0.25, 0.3) is 0 Å². The van der Waals surface area contributed by atoms with Crippen molar-refractivity contribution in [2.75, 3.05) is 20.3 Å². The summed E-state index contributed by atoms with van der Waals surface area (Å²) in [7, 11) is 1.64. The molecule has 1 aromatic heterocycles. The number of aromatic nitrogens is 2. The smallest absolute Gasteiger partial charge is 0.182 e. The molecule has 0 aliphatic heterocycles. The number of ketones is 1. The highest BCUT2D eigenvalue weighted by atomic mass is 79.9. The van der Waals surface area contributed by atoms with E-state index < -0.39 is 0 Å². The Morgan fingerprint density at radius 2 is 2.19 bits per heavy atom. The zero-order chi connectivity index (χ0) is 15.3. The van der Waals surface area contributed by atoms with Gasteiger partial charge in [0.25, 0.3) is 0 Å². The van der Waals surface area contributed by atoms with Crippen molar-refractivity contribution in [1.82, 2.24) is 9.78 Å². The number of rotatable bonds is 7. The van der Waals surface area contributed by atoms with E-state index in [-0.39, 0.29) is 11.2 Å².